The maximum absolute atomic E-state index is 12.4. The van der Waals surface area contributed by atoms with E-state index in [1.165, 1.54) is 19.3 Å². The van der Waals surface area contributed by atoms with E-state index in [0.717, 1.165) is 4.31 Å². The van der Waals surface area contributed by atoms with Crippen molar-refractivity contribution in [3.8, 4) is 6.07 Å². The lowest BCUT2D eigenvalue weighted by molar-refractivity contribution is 0.476. The Labute approximate surface area is 121 Å². The molecule has 8 heteroatoms. The van der Waals surface area contributed by atoms with Crippen LogP contribution in [0.5, 0.6) is 0 Å². The lowest BCUT2D eigenvalue weighted by atomic mass is 10.4. The Morgan fingerprint density at radius 3 is 2.84 bits per heavy atom. The van der Waals surface area contributed by atoms with Crippen molar-refractivity contribution >= 4 is 31.8 Å². The molecule has 6 nitrogen and oxygen atoms in total. The van der Waals surface area contributed by atoms with Crippen LogP contribution in [-0.2, 0) is 10.0 Å². The third-order valence-corrected chi connectivity index (χ3v) is 4.69. The van der Waals surface area contributed by atoms with Crippen molar-refractivity contribution in [2.45, 2.75) is 18.2 Å². The van der Waals surface area contributed by atoms with Gasteiger partial charge < -0.3 is 5.32 Å². The molecule has 1 heterocycles. The zero-order valence-electron chi connectivity index (χ0n) is 10.7. The van der Waals surface area contributed by atoms with E-state index in [4.69, 9.17) is 5.26 Å². The molecule has 0 bridgehead atoms. The number of pyridine rings is 1. The summed E-state index contributed by atoms with van der Waals surface area (Å²) in [4.78, 5) is 4.17. The molecule has 0 aliphatic rings. The molecule has 0 atom stereocenters. The number of anilines is 1. The molecule has 0 fully saturated rings. The van der Waals surface area contributed by atoms with Gasteiger partial charge in [-0.05, 0) is 28.9 Å². The summed E-state index contributed by atoms with van der Waals surface area (Å²) in [5.74, 6) is 0.314. The maximum atomic E-state index is 12.4. The Bertz CT molecular complexity index is 583. The summed E-state index contributed by atoms with van der Waals surface area (Å²) in [6, 6.07) is 3.43. The van der Waals surface area contributed by atoms with Crippen LogP contribution in [0.4, 0.5) is 5.82 Å². The monoisotopic (exact) mass is 346 g/mol. The lowest BCUT2D eigenvalue weighted by Gasteiger charge is -2.18. The van der Waals surface area contributed by atoms with E-state index in [1.54, 1.807) is 0 Å². The number of nitrogens with one attached hydrogen (secondary N) is 1. The van der Waals surface area contributed by atoms with Crippen LogP contribution >= 0.6 is 15.9 Å². The molecular weight excluding hydrogens is 332 g/mol. The number of nitrogens with zero attached hydrogens (tertiary/aromatic N) is 3. The molecule has 104 valence electrons. The second-order valence-corrected chi connectivity index (χ2v) is 6.69. The van der Waals surface area contributed by atoms with Crippen LogP contribution in [0, 0.1) is 11.3 Å². The molecule has 1 aromatic rings. The standard InChI is InChI=1S/C11H15BrN4O2S/c1-3-14-11-10(7-9(12)8-15-11)19(17,18)16(2)6-4-5-13/h7-8H,3-4,6H2,1-2H3,(H,14,15). The van der Waals surface area contributed by atoms with E-state index in [1.807, 2.05) is 13.0 Å². The fourth-order valence-electron chi connectivity index (χ4n) is 1.41. The summed E-state index contributed by atoms with van der Waals surface area (Å²) < 4.78 is 26.5. The minimum absolute atomic E-state index is 0.101. The summed E-state index contributed by atoms with van der Waals surface area (Å²) in [7, 11) is -2.21. The van der Waals surface area contributed by atoms with E-state index < -0.39 is 10.0 Å². The normalized spacial score (nSPS) is 11.3. The van der Waals surface area contributed by atoms with E-state index in [-0.39, 0.29) is 17.9 Å². The second-order valence-electron chi connectivity index (χ2n) is 3.77. The first-order chi connectivity index (χ1) is 8.93. The van der Waals surface area contributed by atoms with E-state index in [9.17, 15) is 8.42 Å². The average molecular weight is 347 g/mol. The highest BCUT2D eigenvalue weighted by Gasteiger charge is 2.24. The van der Waals surface area contributed by atoms with Gasteiger partial charge >= 0.3 is 0 Å². The molecule has 0 radical (unpaired) electrons. The van der Waals surface area contributed by atoms with Crippen LogP contribution in [0.3, 0.4) is 0 Å². The molecular formula is C11H15BrN4O2S. The highest BCUT2D eigenvalue weighted by atomic mass is 79.9. The van der Waals surface area contributed by atoms with Gasteiger partial charge in [0.1, 0.15) is 10.7 Å². The van der Waals surface area contributed by atoms with Crippen molar-refractivity contribution in [1.29, 1.82) is 5.26 Å². The number of hydrogen-bond acceptors (Lipinski definition) is 5. The molecule has 0 aliphatic carbocycles. The van der Waals surface area contributed by atoms with Crippen molar-refractivity contribution in [1.82, 2.24) is 9.29 Å². The van der Waals surface area contributed by atoms with E-state index in [2.05, 4.69) is 26.2 Å². The predicted octanol–water partition coefficient (Wildman–Crippen LogP) is 1.81. The molecule has 1 aromatic heterocycles. The average Bonchev–Trinajstić information content (AvgIpc) is 2.38. The first-order valence-electron chi connectivity index (χ1n) is 5.66. The summed E-state index contributed by atoms with van der Waals surface area (Å²) in [6.07, 6.45) is 1.68. The van der Waals surface area contributed by atoms with Crippen LogP contribution in [0.2, 0.25) is 0 Å². The molecule has 0 aromatic carbocycles. The van der Waals surface area contributed by atoms with Crippen LogP contribution in [0.1, 0.15) is 13.3 Å². The van der Waals surface area contributed by atoms with Gasteiger partial charge in [0, 0.05) is 37.2 Å². The summed E-state index contributed by atoms with van der Waals surface area (Å²) in [6.45, 7) is 2.58. The van der Waals surface area contributed by atoms with Gasteiger partial charge in [0.25, 0.3) is 0 Å². The lowest BCUT2D eigenvalue weighted by Crippen LogP contribution is -2.28. The van der Waals surface area contributed by atoms with Crippen LogP contribution in [0.25, 0.3) is 0 Å². The number of halogens is 1. The zero-order valence-corrected chi connectivity index (χ0v) is 13.1. The predicted molar refractivity (Wildman–Crippen MR) is 76.1 cm³/mol. The van der Waals surface area contributed by atoms with Gasteiger partial charge in [-0.3, -0.25) is 0 Å². The molecule has 0 spiro atoms. The Hall–Kier alpha value is -1.17. The van der Waals surface area contributed by atoms with Gasteiger partial charge in [-0.1, -0.05) is 0 Å². The van der Waals surface area contributed by atoms with Gasteiger partial charge in [0.05, 0.1) is 6.07 Å². The topological polar surface area (TPSA) is 86.1 Å². The van der Waals surface area contributed by atoms with Crippen molar-refractivity contribution in [3.05, 3.63) is 16.7 Å². The van der Waals surface area contributed by atoms with Crippen LogP contribution in [0.15, 0.2) is 21.6 Å². The molecule has 1 N–H and O–H groups in total. The Morgan fingerprint density at radius 2 is 2.26 bits per heavy atom. The molecule has 19 heavy (non-hydrogen) atoms. The molecule has 1 rings (SSSR count). The van der Waals surface area contributed by atoms with Gasteiger partial charge in [0.15, 0.2) is 0 Å². The number of hydrogen-bond donors (Lipinski definition) is 1. The fourth-order valence-corrected chi connectivity index (χ4v) is 3.21. The quantitative estimate of drug-likeness (QED) is 0.848. The highest BCUT2D eigenvalue weighted by Crippen LogP contribution is 2.25. The SMILES string of the molecule is CCNc1ncc(Br)cc1S(=O)(=O)N(C)CCC#N. The van der Waals surface area contributed by atoms with Gasteiger partial charge in [-0.15, -0.1) is 0 Å². The van der Waals surface area contributed by atoms with Crippen molar-refractivity contribution in [2.75, 3.05) is 25.5 Å². The third kappa shape index (κ3) is 3.89. The smallest absolute Gasteiger partial charge is 0.246 e. The molecule has 0 saturated heterocycles. The fraction of sp³-hybridized carbons (Fsp3) is 0.455. The first-order valence-corrected chi connectivity index (χ1v) is 7.89. The minimum Gasteiger partial charge on any atom is -0.369 e. The largest absolute Gasteiger partial charge is 0.369 e. The number of rotatable bonds is 6. The third-order valence-electron chi connectivity index (χ3n) is 2.39. The molecule has 0 unspecified atom stereocenters. The van der Waals surface area contributed by atoms with Gasteiger partial charge in [-0.25, -0.2) is 13.4 Å². The Morgan fingerprint density at radius 1 is 1.58 bits per heavy atom. The maximum Gasteiger partial charge on any atom is 0.246 e. The number of nitriles is 1. The number of aromatic nitrogens is 1. The minimum atomic E-state index is -3.66. The summed E-state index contributed by atoms with van der Waals surface area (Å²) in [5.41, 5.74) is 0. The second kappa shape index (κ2) is 6.84. The van der Waals surface area contributed by atoms with Gasteiger partial charge in [-0.2, -0.15) is 9.57 Å². The van der Waals surface area contributed by atoms with Crippen LogP contribution < -0.4 is 5.32 Å². The van der Waals surface area contributed by atoms with Crippen molar-refractivity contribution in [3.63, 3.8) is 0 Å². The highest BCUT2D eigenvalue weighted by molar-refractivity contribution is 9.10. The van der Waals surface area contributed by atoms with Gasteiger partial charge in [0.2, 0.25) is 10.0 Å². The van der Waals surface area contributed by atoms with E-state index >= 15 is 0 Å². The zero-order chi connectivity index (χ0) is 14.5. The van der Waals surface area contributed by atoms with Crippen molar-refractivity contribution < 1.29 is 8.42 Å². The molecule has 0 saturated carbocycles. The Kier molecular flexibility index (Phi) is 5.72. The first kappa shape index (κ1) is 15.9. The van der Waals surface area contributed by atoms with E-state index in [0.29, 0.717) is 16.8 Å². The number of sulfonamides is 1. The Balaban J connectivity index is 3.19. The molecule has 0 amide bonds. The summed E-state index contributed by atoms with van der Waals surface area (Å²) in [5, 5.41) is 11.4. The van der Waals surface area contributed by atoms with Crippen LogP contribution in [-0.4, -0.2) is 37.8 Å². The summed E-state index contributed by atoms with van der Waals surface area (Å²) >= 11 is 3.22. The molecule has 0 aliphatic heterocycles. The van der Waals surface area contributed by atoms with Crippen molar-refractivity contribution in [2.24, 2.45) is 0 Å².